The molecule has 0 N–H and O–H groups in total. The zero-order chi connectivity index (χ0) is 13.5. The maximum Gasteiger partial charge on any atom is 0.226 e. The molecule has 0 aromatic rings. The second kappa shape index (κ2) is 5.03. The van der Waals surface area contributed by atoms with Gasteiger partial charge >= 0.3 is 0 Å². The molecule has 0 bridgehead atoms. The number of piperazine rings is 1. The molecule has 0 aromatic heterocycles. The van der Waals surface area contributed by atoms with Gasteiger partial charge in [0.25, 0.3) is 0 Å². The third-order valence-electron chi connectivity index (χ3n) is 4.30. The maximum absolute atomic E-state index is 12.5. The first-order valence-corrected chi connectivity index (χ1v) is 7.10. The molecule has 102 valence electrons. The van der Waals surface area contributed by atoms with Crippen molar-refractivity contribution in [2.75, 3.05) is 33.2 Å². The summed E-state index contributed by atoms with van der Waals surface area (Å²) in [6, 6.07) is 0. The normalized spacial score (nSPS) is 31.1. The summed E-state index contributed by atoms with van der Waals surface area (Å²) >= 11 is 11.4. The Bertz CT molecular complexity index is 369. The highest BCUT2D eigenvalue weighted by Crippen LogP contribution is 2.60. The summed E-state index contributed by atoms with van der Waals surface area (Å²) in [6.07, 6.45) is 1.81. The van der Waals surface area contributed by atoms with Gasteiger partial charge in [0.15, 0.2) is 0 Å². The fraction of sp³-hybridized carbons (Fsp3) is 0.769. The van der Waals surface area contributed by atoms with E-state index in [1.165, 1.54) is 0 Å². The molecule has 2 fully saturated rings. The minimum absolute atomic E-state index is 0.0184. The van der Waals surface area contributed by atoms with E-state index in [4.69, 9.17) is 23.2 Å². The van der Waals surface area contributed by atoms with Crippen LogP contribution < -0.4 is 0 Å². The van der Waals surface area contributed by atoms with Crippen LogP contribution in [-0.2, 0) is 4.79 Å². The summed E-state index contributed by atoms with van der Waals surface area (Å²) in [6.45, 7) is 7.76. The van der Waals surface area contributed by atoms with E-state index in [-0.39, 0.29) is 27.6 Å². The van der Waals surface area contributed by atoms with Gasteiger partial charge in [-0.25, -0.2) is 0 Å². The molecular formula is C13H20Cl2N2O. The highest BCUT2D eigenvalue weighted by Gasteiger charge is 2.61. The quantitative estimate of drug-likeness (QED) is 0.779. The van der Waals surface area contributed by atoms with Crippen molar-refractivity contribution in [3.05, 3.63) is 10.6 Å². The minimum atomic E-state index is -0.0184. The van der Waals surface area contributed by atoms with Gasteiger partial charge in [-0.1, -0.05) is 37.0 Å². The molecule has 1 aliphatic carbocycles. The Kier molecular flexibility index (Phi) is 3.96. The third kappa shape index (κ3) is 2.68. The van der Waals surface area contributed by atoms with Crippen molar-refractivity contribution in [1.82, 2.24) is 9.80 Å². The van der Waals surface area contributed by atoms with Crippen LogP contribution in [0.2, 0.25) is 0 Å². The fourth-order valence-corrected chi connectivity index (χ4v) is 3.09. The standard InChI is InChI=1S/C13H20Cl2N2O/c1-13(2)9(8-10(14)15)11(13)12(18)17-6-4-16(3)5-7-17/h8-9,11H,4-7H2,1-3H3. The second-order valence-corrected chi connectivity index (χ2v) is 6.92. The number of halogens is 2. The Hall–Kier alpha value is -0.250. The van der Waals surface area contributed by atoms with Crippen molar-refractivity contribution in [3.8, 4) is 0 Å². The number of hydrogen-bond donors (Lipinski definition) is 0. The van der Waals surface area contributed by atoms with E-state index < -0.39 is 0 Å². The summed E-state index contributed by atoms with van der Waals surface area (Å²) < 4.78 is 0.266. The van der Waals surface area contributed by atoms with E-state index >= 15 is 0 Å². The SMILES string of the molecule is CN1CCN(C(=O)C2C(C=C(Cl)Cl)C2(C)C)CC1. The van der Waals surface area contributed by atoms with Crippen molar-refractivity contribution in [3.63, 3.8) is 0 Å². The largest absolute Gasteiger partial charge is 0.340 e. The number of nitrogens with zero attached hydrogens (tertiary/aromatic N) is 2. The number of hydrogen-bond acceptors (Lipinski definition) is 2. The molecule has 2 rings (SSSR count). The molecule has 1 heterocycles. The van der Waals surface area contributed by atoms with Gasteiger partial charge in [0, 0.05) is 26.2 Å². The summed E-state index contributed by atoms with van der Waals surface area (Å²) in [5, 5.41) is 0. The smallest absolute Gasteiger partial charge is 0.226 e. The molecule has 0 radical (unpaired) electrons. The van der Waals surface area contributed by atoms with E-state index in [1.54, 1.807) is 0 Å². The number of amides is 1. The molecule has 1 amide bonds. The van der Waals surface area contributed by atoms with E-state index in [2.05, 4.69) is 25.8 Å². The van der Waals surface area contributed by atoms with Crippen molar-refractivity contribution < 1.29 is 4.79 Å². The first-order chi connectivity index (χ1) is 8.34. The van der Waals surface area contributed by atoms with Crippen LogP contribution in [-0.4, -0.2) is 48.9 Å². The Morgan fingerprint density at radius 3 is 2.28 bits per heavy atom. The molecule has 18 heavy (non-hydrogen) atoms. The van der Waals surface area contributed by atoms with E-state index in [9.17, 15) is 4.79 Å². The molecule has 5 heteroatoms. The Morgan fingerprint density at radius 2 is 1.78 bits per heavy atom. The molecule has 2 atom stereocenters. The number of rotatable bonds is 2. The summed E-state index contributed by atoms with van der Waals surface area (Å²) in [5.41, 5.74) is -0.0184. The van der Waals surface area contributed by atoms with Gasteiger partial charge in [0.05, 0.1) is 5.92 Å². The van der Waals surface area contributed by atoms with Crippen molar-refractivity contribution in [2.45, 2.75) is 13.8 Å². The lowest BCUT2D eigenvalue weighted by Gasteiger charge is -2.32. The van der Waals surface area contributed by atoms with Crippen molar-refractivity contribution in [1.29, 1.82) is 0 Å². The van der Waals surface area contributed by atoms with Crippen LogP contribution in [0.3, 0.4) is 0 Å². The van der Waals surface area contributed by atoms with E-state index in [1.807, 2.05) is 11.0 Å². The number of carbonyl (C=O) groups excluding carboxylic acids is 1. The molecule has 1 aliphatic heterocycles. The average Bonchev–Trinajstić information content (AvgIpc) is 2.79. The molecule has 1 saturated heterocycles. The zero-order valence-corrected chi connectivity index (χ0v) is 12.6. The lowest BCUT2D eigenvalue weighted by Crippen LogP contribution is -2.48. The highest BCUT2D eigenvalue weighted by atomic mass is 35.5. The minimum Gasteiger partial charge on any atom is -0.340 e. The van der Waals surface area contributed by atoms with Crippen LogP contribution in [0.4, 0.5) is 0 Å². The average molecular weight is 291 g/mol. The van der Waals surface area contributed by atoms with Crippen LogP contribution in [0.1, 0.15) is 13.8 Å². The van der Waals surface area contributed by atoms with Gasteiger partial charge in [-0.05, 0) is 24.5 Å². The van der Waals surface area contributed by atoms with Gasteiger partial charge in [0.2, 0.25) is 5.91 Å². The van der Waals surface area contributed by atoms with E-state index in [0.29, 0.717) is 0 Å². The van der Waals surface area contributed by atoms with Gasteiger partial charge in [0.1, 0.15) is 4.49 Å². The van der Waals surface area contributed by atoms with Crippen molar-refractivity contribution >= 4 is 29.1 Å². The fourth-order valence-electron chi connectivity index (χ4n) is 2.82. The number of carbonyl (C=O) groups is 1. The molecule has 2 aliphatic rings. The van der Waals surface area contributed by atoms with Gasteiger partial charge in [-0.15, -0.1) is 0 Å². The maximum atomic E-state index is 12.5. The van der Waals surface area contributed by atoms with E-state index in [0.717, 1.165) is 26.2 Å². The van der Waals surface area contributed by atoms with Crippen molar-refractivity contribution in [2.24, 2.45) is 17.3 Å². The van der Waals surface area contributed by atoms with Gasteiger partial charge in [-0.2, -0.15) is 0 Å². The second-order valence-electron chi connectivity index (χ2n) is 5.91. The first-order valence-electron chi connectivity index (χ1n) is 6.34. The molecule has 2 unspecified atom stereocenters. The third-order valence-corrected chi connectivity index (χ3v) is 4.55. The summed E-state index contributed by atoms with van der Waals surface area (Å²) in [5.74, 6) is 0.465. The number of likely N-dealkylation sites (N-methyl/N-ethyl adjacent to an activating group) is 1. The monoisotopic (exact) mass is 290 g/mol. The van der Waals surface area contributed by atoms with Crippen LogP contribution in [0, 0.1) is 17.3 Å². The zero-order valence-electron chi connectivity index (χ0n) is 11.1. The Labute approximate surface area is 119 Å². The molecule has 0 spiro atoms. The van der Waals surface area contributed by atoms with Crippen LogP contribution >= 0.6 is 23.2 Å². The summed E-state index contributed by atoms with van der Waals surface area (Å²) in [4.78, 5) is 16.7. The lowest BCUT2D eigenvalue weighted by atomic mass is 10.1. The topological polar surface area (TPSA) is 23.6 Å². The van der Waals surface area contributed by atoms with Crippen LogP contribution in [0.5, 0.6) is 0 Å². The lowest BCUT2D eigenvalue weighted by molar-refractivity contribution is -0.135. The molecule has 0 aromatic carbocycles. The first kappa shape index (κ1) is 14.2. The number of allylic oxidation sites excluding steroid dienone is 1. The summed E-state index contributed by atoms with van der Waals surface area (Å²) in [7, 11) is 2.09. The van der Waals surface area contributed by atoms with Gasteiger partial charge in [-0.3, -0.25) is 4.79 Å². The van der Waals surface area contributed by atoms with Gasteiger partial charge < -0.3 is 9.80 Å². The highest BCUT2D eigenvalue weighted by molar-refractivity contribution is 6.55. The molecule has 3 nitrogen and oxygen atoms in total. The predicted octanol–water partition coefficient (Wildman–Crippen LogP) is 2.35. The molecular weight excluding hydrogens is 271 g/mol. The molecule has 1 saturated carbocycles. The van der Waals surface area contributed by atoms with Crippen LogP contribution in [0.15, 0.2) is 10.6 Å². The Morgan fingerprint density at radius 1 is 1.22 bits per heavy atom. The predicted molar refractivity (Wildman–Crippen MR) is 74.6 cm³/mol. The Balaban J connectivity index is 2.00. The van der Waals surface area contributed by atoms with Crippen LogP contribution in [0.25, 0.3) is 0 Å².